The van der Waals surface area contributed by atoms with Gasteiger partial charge in [0.2, 0.25) is 0 Å². The van der Waals surface area contributed by atoms with E-state index in [4.69, 9.17) is 9.40 Å². The summed E-state index contributed by atoms with van der Waals surface area (Å²) in [7, 11) is 2.07. The SMILES string of the molecule is Cn1ccc2c(-c3cc4ccccc4o3)nc3ccccc3c21. The molecule has 0 saturated heterocycles. The number of hydrogen-bond acceptors (Lipinski definition) is 2. The summed E-state index contributed by atoms with van der Waals surface area (Å²) >= 11 is 0. The van der Waals surface area contributed by atoms with Crippen molar-refractivity contribution in [2.24, 2.45) is 7.05 Å². The molecule has 0 aliphatic rings. The molecule has 0 saturated carbocycles. The van der Waals surface area contributed by atoms with Gasteiger partial charge in [-0.05, 0) is 24.3 Å². The largest absolute Gasteiger partial charge is 0.454 e. The summed E-state index contributed by atoms with van der Waals surface area (Å²) < 4.78 is 8.19. The Morgan fingerprint density at radius 2 is 1.74 bits per heavy atom. The summed E-state index contributed by atoms with van der Waals surface area (Å²) in [5.74, 6) is 0.813. The third kappa shape index (κ3) is 1.73. The Labute approximate surface area is 132 Å². The molecule has 0 fully saturated rings. The van der Waals surface area contributed by atoms with Gasteiger partial charge < -0.3 is 8.98 Å². The minimum absolute atomic E-state index is 0.813. The molecule has 0 radical (unpaired) electrons. The average Bonchev–Trinajstić information content (AvgIpc) is 3.18. The average molecular weight is 298 g/mol. The Hall–Kier alpha value is -3.07. The van der Waals surface area contributed by atoms with Gasteiger partial charge >= 0.3 is 0 Å². The molecule has 5 rings (SSSR count). The third-order valence-corrected chi connectivity index (χ3v) is 4.38. The highest BCUT2D eigenvalue weighted by molar-refractivity contribution is 6.09. The zero-order chi connectivity index (χ0) is 15.4. The van der Waals surface area contributed by atoms with Gasteiger partial charge in [-0.25, -0.2) is 4.98 Å². The summed E-state index contributed by atoms with van der Waals surface area (Å²) in [6, 6.07) is 20.5. The molecule has 0 aliphatic carbocycles. The minimum atomic E-state index is 0.813. The van der Waals surface area contributed by atoms with Gasteiger partial charge in [0.05, 0.1) is 11.0 Å². The highest BCUT2D eigenvalue weighted by Crippen LogP contribution is 2.35. The number of nitrogens with zero attached hydrogens (tertiary/aromatic N) is 2. The first kappa shape index (κ1) is 12.5. The molecule has 23 heavy (non-hydrogen) atoms. The molecular weight excluding hydrogens is 284 g/mol. The van der Waals surface area contributed by atoms with E-state index in [9.17, 15) is 0 Å². The maximum atomic E-state index is 6.05. The number of furan rings is 1. The summed E-state index contributed by atoms with van der Waals surface area (Å²) in [5.41, 5.74) is 3.96. The molecule has 0 unspecified atom stereocenters. The van der Waals surface area contributed by atoms with Gasteiger partial charge in [-0.15, -0.1) is 0 Å². The molecule has 0 spiro atoms. The number of aryl methyl sites for hydroxylation is 1. The number of benzene rings is 2. The fraction of sp³-hybridized carbons (Fsp3) is 0.0500. The van der Waals surface area contributed by atoms with Crippen LogP contribution in [0.4, 0.5) is 0 Å². The highest BCUT2D eigenvalue weighted by atomic mass is 16.3. The van der Waals surface area contributed by atoms with E-state index < -0.39 is 0 Å². The standard InChI is InChI=1S/C20H14N2O/c1-22-11-10-15-19(18-12-13-6-2-5-9-17(13)23-18)21-16-8-4-3-7-14(16)20(15)22/h2-12H,1H3. The second-order valence-electron chi connectivity index (χ2n) is 5.81. The molecule has 110 valence electrons. The van der Waals surface area contributed by atoms with Crippen molar-refractivity contribution >= 4 is 32.8 Å². The van der Waals surface area contributed by atoms with Crippen LogP contribution in [0.1, 0.15) is 0 Å². The van der Waals surface area contributed by atoms with Crippen LogP contribution in [0.5, 0.6) is 0 Å². The van der Waals surface area contributed by atoms with Gasteiger partial charge in [-0.1, -0.05) is 36.4 Å². The second kappa shape index (κ2) is 4.46. The summed E-state index contributed by atoms with van der Waals surface area (Å²) in [4.78, 5) is 4.88. The van der Waals surface area contributed by atoms with Crippen LogP contribution in [0.15, 0.2) is 71.3 Å². The Bertz CT molecular complexity index is 1150. The number of hydrogen-bond donors (Lipinski definition) is 0. The molecule has 0 N–H and O–H groups in total. The zero-order valence-corrected chi connectivity index (χ0v) is 12.7. The van der Waals surface area contributed by atoms with Gasteiger partial charge in [-0.2, -0.15) is 0 Å². The zero-order valence-electron chi connectivity index (χ0n) is 12.7. The molecule has 0 amide bonds. The Morgan fingerprint density at radius 3 is 2.65 bits per heavy atom. The molecule has 3 heteroatoms. The summed E-state index contributed by atoms with van der Waals surface area (Å²) in [6.07, 6.45) is 2.07. The van der Waals surface area contributed by atoms with Crippen LogP contribution in [-0.2, 0) is 7.05 Å². The first-order valence-corrected chi connectivity index (χ1v) is 7.64. The number of para-hydroxylation sites is 2. The van der Waals surface area contributed by atoms with E-state index in [1.54, 1.807) is 0 Å². The monoisotopic (exact) mass is 298 g/mol. The maximum absolute atomic E-state index is 6.05. The number of pyridine rings is 1. The summed E-state index contributed by atoms with van der Waals surface area (Å²) in [6.45, 7) is 0. The van der Waals surface area contributed by atoms with Crippen molar-refractivity contribution in [3.8, 4) is 11.5 Å². The van der Waals surface area contributed by atoms with Crippen LogP contribution >= 0.6 is 0 Å². The van der Waals surface area contributed by atoms with Crippen molar-refractivity contribution in [3.63, 3.8) is 0 Å². The van der Waals surface area contributed by atoms with E-state index in [2.05, 4.69) is 48.1 Å². The topological polar surface area (TPSA) is 31.0 Å². The fourth-order valence-corrected chi connectivity index (χ4v) is 3.29. The van der Waals surface area contributed by atoms with E-state index in [1.165, 1.54) is 5.52 Å². The first-order valence-electron chi connectivity index (χ1n) is 7.64. The van der Waals surface area contributed by atoms with Crippen LogP contribution in [0.25, 0.3) is 44.2 Å². The molecule has 3 heterocycles. The van der Waals surface area contributed by atoms with Gasteiger partial charge in [-0.3, -0.25) is 0 Å². The van der Waals surface area contributed by atoms with Crippen molar-refractivity contribution < 1.29 is 4.42 Å². The molecule has 2 aromatic carbocycles. The van der Waals surface area contributed by atoms with Crippen LogP contribution in [0.2, 0.25) is 0 Å². The Morgan fingerprint density at radius 1 is 0.913 bits per heavy atom. The third-order valence-electron chi connectivity index (χ3n) is 4.38. The summed E-state index contributed by atoms with van der Waals surface area (Å²) in [5, 5.41) is 3.38. The van der Waals surface area contributed by atoms with E-state index in [1.807, 2.05) is 30.3 Å². The normalized spacial score (nSPS) is 11.7. The Kier molecular flexibility index (Phi) is 2.42. The predicted octanol–water partition coefficient (Wildman–Crippen LogP) is 5.14. The molecule has 0 atom stereocenters. The predicted molar refractivity (Wildman–Crippen MR) is 93.4 cm³/mol. The van der Waals surface area contributed by atoms with E-state index >= 15 is 0 Å². The lowest BCUT2D eigenvalue weighted by atomic mass is 10.1. The van der Waals surface area contributed by atoms with Gasteiger partial charge in [0.25, 0.3) is 0 Å². The van der Waals surface area contributed by atoms with Gasteiger partial charge in [0.1, 0.15) is 11.3 Å². The number of aromatic nitrogens is 2. The lowest BCUT2D eigenvalue weighted by molar-refractivity contribution is 0.630. The van der Waals surface area contributed by atoms with Crippen molar-refractivity contribution in [2.45, 2.75) is 0 Å². The molecule has 0 aliphatic heterocycles. The highest BCUT2D eigenvalue weighted by Gasteiger charge is 2.15. The van der Waals surface area contributed by atoms with Crippen LogP contribution in [0.3, 0.4) is 0 Å². The first-order chi connectivity index (χ1) is 11.3. The van der Waals surface area contributed by atoms with Crippen molar-refractivity contribution in [2.75, 3.05) is 0 Å². The fourth-order valence-electron chi connectivity index (χ4n) is 3.29. The Balaban J connectivity index is 1.92. The maximum Gasteiger partial charge on any atom is 0.154 e. The molecule has 0 bridgehead atoms. The van der Waals surface area contributed by atoms with Crippen LogP contribution in [0, 0.1) is 0 Å². The van der Waals surface area contributed by atoms with Crippen LogP contribution < -0.4 is 0 Å². The second-order valence-corrected chi connectivity index (χ2v) is 5.81. The molecule has 5 aromatic rings. The van der Waals surface area contributed by atoms with E-state index in [0.717, 1.165) is 38.7 Å². The molecule has 3 aromatic heterocycles. The molecule has 3 nitrogen and oxygen atoms in total. The molecular formula is C20H14N2O. The number of rotatable bonds is 1. The van der Waals surface area contributed by atoms with Gasteiger partial charge in [0.15, 0.2) is 5.76 Å². The van der Waals surface area contributed by atoms with Crippen LogP contribution in [-0.4, -0.2) is 9.55 Å². The lowest BCUT2D eigenvalue weighted by Gasteiger charge is -2.06. The van der Waals surface area contributed by atoms with Gasteiger partial charge in [0, 0.05) is 29.4 Å². The minimum Gasteiger partial charge on any atom is -0.454 e. The van der Waals surface area contributed by atoms with E-state index in [0.29, 0.717) is 0 Å². The van der Waals surface area contributed by atoms with Crippen molar-refractivity contribution in [1.29, 1.82) is 0 Å². The number of fused-ring (bicyclic) bond motifs is 4. The smallest absolute Gasteiger partial charge is 0.154 e. The quantitative estimate of drug-likeness (QED) is 0.429. The van der Waals surface area contributed by atoms with Crippen molar-refractivity contribution in [3.05, 3.63) is 66.9 Å². The van der Waals surface area contributed by atoms with Crippen molar-refractivity contribution in [1.82, 2.24) is 9.55 Å². The lowest BCUT2D eigenvalue weighted by Crippen LogP contribution is -1.90. The van der Waals surface area contributed by atoms with E-state index in [-0.39, 0.29) is 0 Å².